The van der Waals surface area contributed by atoms with Crippen LogP contribution in [-0.4, -0.2) is 48.7 Å². The maximum Gasteiger partial charge on any atom is 0.191 e. The van der Waals surface area contributed by atoms with Crippen molar-refractivity contribution >= 4 is 46.7 Å². The third kappa shape index (κ3) is 5.24. The molecule has 0 bridgehead atoms. The molecule has 0 aliphatic carbocycles. The highest BCUT2D eigenvalue weighted by atomic mass is 127. The number of pyridine rings is 1. The Morgan fingerprint density at radius 1 is 1.20 bits per heavy atom. The Kier molecular flexibility index (Phi) is 7.95. The van der Waals surface area contributed by atoms with E-state index in [-0.39, 0.29) is 24.0 Å². The zero-order valence-corrected chi connectivity index (χ0v) is 20.0. The molecule has 1 aromatic carbocycles. The van der Waals surface area contributed by atoms with Crippen molar-refractivity contribution < 1.29 is 0 Å². The van der Waals surface area contributed by atoms with E-state index in [0.717, 1.165) is 50.7 Å². The van der Waals surface area contributed by atoms with Crippen LogP contribution in [0.5, 0.6) is 0 Å². The monoisotopic (exact) mass is 518 g/mol. The standard InChI is InChI=1S/C23H30N6.HI/c1-17-6-5-7-20-18(16-27-22(17)20)9-13-26-23(24-2)28-19-10-14-29(15-11-19)21-8-3-4-12-25-21;/h3-8,12,16,19,27H,9-11,13-15H2,1-2H3,(H2,24,26,28);1H. The predicted molar refractivity (Wildman–Crippen MR) is 136 cm³/mol. The number of benzene rings is 1. The second kappa shape index (κ2) is 10.7. The van der Waals surface area contributed by atoms with Crippen molar-refractivity contribution in [1.29, 1.82) is 0 Å². The molecule has 0 radical (unpaired) electrons. The van der Waals surface area contributed by atoms with Gasteiger partial charge in [0, 0.05) is 56.0 Å². The van der Waals surface area contributed by atoms with Gasteiger partial charge in [-0.05, 0) is 49.4 Å². The predicted octanol–water partition coefficient (Wildman–Crippen LogP) is 3.87. The molecule has 3 heterocycles. The number of aliphatic imine (C=N–C) groups is 1. The van der Waals surface area contributed by atoms with E-state index in [1.54, 1.807) is 0 Å². The number of hydrogen-bond acceptors (Lipinski definition) is 3. The lowest BCUT2D eigenvalue weighted by Crippen LogP contribution is -2.49. The van der Waals surface area contributed by atoms with Crippen molar-refractivity contribution in [3.8, 4) is 0 Å². The van der Waals surface area contributed by atoms with Crippen LogP contribution in [0.3, 0.4) is 0 Å². The number of H-pyrrole nitrogens is 1. The van der Waals surface area contributed by atoms with Crippen molar-refractivity contribution in [1.82, 2.24) is 20.6 Å². The van der Waals surface area contributed by atoms with E-state index in [4.69, 9.17) is 0 Å². The Labute approximate surface area is 195 Å². The van der Waals surface area contributed by atoms with Gasteiger partial charge < -0.3 is 20.5 Å². The van der Waals surface area contributed by atoms with Crippen molar-refractivity contribution in [2.24, 2.45) is 4.99 Å². The molecule has 3 aromatic rings. The zero-order chi connectivity index (χ0) is 20.1. The van der Waals surface area contributed by atoms with Crippen molar-refractivity contribution in [3.05, 3.63) is 59.9 Å². The van der Waals surface area contributed by atoms with Crippen LogP contribution < -0.4 is 15.5 Å². The first-order valence-electron chi connectivity index (χ1n) is 10.4. The average molecular weight is 518 g/mol. The molecule has 4 rings (SSSR count). The Hall–Kier alpha value is -2.29. The summed E-state index contributed by atoms with van der Waals surface area (Å²) in [6.07, 6.45) is 7.11. The topological polar surface area (TPSA) is 68.3 Å². The summed E-state index contributed by atoms with van der Waals surface area (Å²) >= 11 is 0. The number of rotatable bonds is 5. The molecule has 1 aliphatic heterocycles. The first-order chi connectivity index (χ1) is 14.2. The number of halogens is 1. The van der Waals surface area contributed by atoms with Gasteiger partial charge in [0.2, 0.25) is 0 Å². The number of aryl methyl sites for hydroxylation is 1. The van der Waals surface area contributed by atoms with E-state index in [0.29, 0.717) is 6.04 Å². The van der Waals surface area contributed by atoms with Crippen LogP contribution in [0.15, 0.2) is 53.8 Å². The van der Waals surface area contributed by atoms with Crippen LogP contribution in [0, 0.1) is 6.92 Å². The lowest BCUT2D eigenvalue weighted by atomic mass is 10.1. The Morgan fingerprint density at radius 2 is 2.03 bits per heavy atom. The quantitative estimate of drug-likeness (QED) is 0.273. The van der Waals surface area contributed by atoms with Crippen LogP contribution in [-0.2, 0) is 6.42 Å². The third-order valence-corrected chi connectivity index (χ3v) is 5.73. The van der Waals surface area contributed by atoms with Gasteiger partial charge in [0.15, 0.2) is 5.96 Å². The summed E-state index contributed by atoms with van der Waals surface area (Å²) in [6.45, 7) is 5.03. The van der Waals surface area contributed by atoms with E-state index in [2.05, 4.69) is 67.9 Å². The first kappa shape index (κ1) is 22.4. The maximum absolute atomic E-state index is 4.46. The number of aromatic nitrogens is 2. The number of nitrogens with zero attached hydrogens (tertiary/aromatic N) is 3. The number of piperidine rings is 1. The molecule has 30 heavy (non-hydrogen) atoms. The summed E-state index contributed by atoms with van der Waals surface area (Å²) in [6, 6.07) is 13.0. The van der Waals surface area contributed by atoms with Crippen molar-refractivity contribution in [3.63, 3.8) is 0 Å². The van der Waals surface area contributed by atoms with Gasteiger partial charge >= 0.3 is 0 Å². The molecule has 7 heteroatoms. The van der Waals surface area contributed by atoms with Crippen LogP contribution >= 0.6 is 24.0 Å². The SMILES string of the molecule is CN=C(NCCc1c[nH]c2c(C)cccc12)NC1CCN(c2ccccn2)CC1.I. The van der Waals surface area contributed by atoms with Crippen molar-refractivity contribution in [2.45, 2.75) is 32.2 Å². The second-order valence-corrected chi connectivity index (χ2v) is 7.65. The minimum Gasteiger partial charge on any atom is -0.361 e. The van der Waals surface area contributed by atoms with Crippen LogP contribution in [0.25, 0.3) is 10.9 Å². The summed E-state index contributed by atoms with van der Waals surface area (Å²) in [4.78, 5) is 14.6. The van der Waals surface area contributed by atoms with E-state index in [1.165, 1.54) is 22.0 Å². The van der Waals surface area contributed by atoms with Gasteiger partial charge in [0.05, 0.1) is 0 Å². The molecule has 160 valence electrons. The highest BCUT2D eigenvalue weighted by molar-refractivity contribution is 14.0. The fourth-order valence-electron chi connectivity index (χ4n) is 4.07. The molecular weight excluding hydrogens is 487 g/mol. The number of guanidine groups is 1. The highest BCUT2D eigenvalue weighted by Gasteiger charge is 2.20. The first-order valence-corrected chi connectivity index (χ1v) is 10.4. The van der Waals surface area contributed by atoms with Gasteiger partial charge in [-0.1, -0.05) is 24.3 Å². The minimum absolute atomic E-state index is 0. The molecule has 0 atom stereocenters. The minimum atomic E-state index is 0. The number of nitrogens with one attached hydrogen (secondary N) is 3. The van der Waals surface area contributed by atoms with E-state index in [1.807, 2.05) is 25.4 Å². The molecule has 0 saturated carbocycles. The molecule has 0 spiro atoms. The third-order valence-electron chi connectivity index (χ3n) is 5.73. The normalized spacial score (nSPS) is 15.1. The Balaban J connectivity index is 0.00000256. The summed E-state index contributed by atoms with van der Waals surface area (Å²) < 4.78 is 0. The highest BCUT2D eigenvalue weighted by Crippen LogP contribution is 2.21. The zero-order valence-electron chi connectivity index (χ0n) is 17.7. The fraction of sp³-hybridized carbons (Fsp3) is 0.391. The molecule has 3 N–H and O–H groups in total. The summed E-state index contributed by atoms with van der Waals surface area (Å²) in [5.74, 6) is 1.96. The number of aromatic amines is 1. The van der Waals surface area contributed by atoms with Crippen LogP contribution in [0.1, 0.15) is 24.0 Å². The Bertz CT molecular complexity index is 960. The number of hydrogen-bond donors (Lipinski definition) is 3. The molecule has 2 aromatic heterocycles. The molecule has 6 nitrogen and oxygen atoms in total. The summed E-state index contributed by atoms with van der Waals surface area (Å²) in [5, 5.41) is 8.38. The molecule has 1 aliphatic rings. The largest absolute Gasteiger partial charge is 0.361 e. The number of fused-ring (bicyclic) bond motifs is 1. The molecule has 1 fully saturated rings. The lowest BCUT2D eigenvalue weighted by Gasteiger charge is -2.33. The fourth-order valence-corrected chi connectivity index (χ4v) is 4.07. The van der Waals surface area contributed by atoms with Crippen molar-refractivity contribution in [2.75, 3.05) is 31.6 Å². The van der Waals surface area contributed by atoms with Crippen LogP contribution in [0.4, 0.5) is 5.82 Å². The summed E-state index contributed by atoms with van der Waals surface area (Å²) in [5.41, 5.74) is 3.87. The van der Waals surface area contributed by atoms with E-state index < -0.39 is 0 Å². The molecular formula is C23H31IN6. The maximum atomic E-state index is 4.46. The molecule has 1 saturated heterocycles. The molecule has 0 unspecified atom stereocenters. The lowest BCUT2D eigenvalue weighted by molar-refractivity contribution is 0.459. The van der Waals surface area contributed by atoms with Gasteiger partial charge in [-0.15, -0.1) is 24.0 Å². The molecule has 0 amide bonds. The van der Waals surface area contributed by atoms with Gasteiger partial charge in [-0.3, -0.25) is 4.99 Å². The van der Waals surface area contributed by atoms with Gasteiger partial charge in [0.25, 0.3) is 0 Å². The number of para-hydroxylation sites is 1. The van der Waals surface area contributed by atoms with Crippen LogP contribution in [0.2, 0.25) is 0 Å². The van der Waals surface area contributed by atoms with Gasteiger partial charge in [-0.2, -0.15) is 0 Å². The summed E-state index contributed by atoms with van der Waals surface area (Å²) in [7, 11) is 1.84. The second-order valence-electron chi connectivity index (χ2n) is 7.65. The van der Waals surface area contributed by atoms with Gasteiger partial charge in [-0.25, -0.2) is 4.98 Å². The van der Waals surface area contributed by atoms with E-state index >= 15 is 0 Å². The van der Waals surface area contributed by atoms with E-state index in [9.17, 15) is 0 Å². The number of anilines is 1. The average Bonchev–Trinajstić information content (AvgIpc) is 3.18. The Morgan fingerprint density at radius 3 is 2.77 bits per heavy atom. The smallest absolute Gasteiger partial charge is 0.191 e. The van der Waals surface area contributed by atoms with Gasteiger partial charge in [0.1, 0.15) is 5.82 Å².